The number of anilines is 1. The molecule has 0 aliphatic carbocycles. The minimum absolute atomic E-state index is 0.0164. The molecule has 2 amide bonds. The fourth-order valence-corrected chi connectivity index (χ4v) is 6.56. The van der Waals surface area contributed by atoms with Crippen molar-refractivity contribution in [1.29, 1.82) is 0 Å². The normalized spacial score (nSPS) is 18.4. The van der Waals surface area contributed by atoms with Crippen molar-refractivity contribution < 1.29 is 23.5 Å². The van der Waals surface area contributed by atoms with E-state index >= 15 is 0 Å². The zero-order chi connectivity index (χ0) is 29.1. The minimum atomic E-state index is -0.341. The summed E-state index contributed by atoms with van der Waals surface area (Å²) in [5.41, 5.74) is 3.88. The van der Waals surface area contributed by atoms with Crippen molar-refractivity contribution in [3.05, 3.63) is 95.8 Å². The average Bonchev–Trinajstić information content (AvgIpc) is 3.66. The smallest absolute Gasteiger partial charge is 0.240 e. The number of nitrogens with zero attached hydrogens (tertiary/aromatic N) is 3. The van der Waals surface area contributed by atoms with Crippen molar-refractivity contribution in [3.8, 4) is 22.7 Å². The lowest BCUT2D eigenvalue weighted by Gasteiger charge is -2.23. The van der Waals surface area contributed by atoms with Crippen LogP contribution in [-0.4, -0.2) is 60.3 Å². The number of nitrogens with one attached hydrogen (secondary N) is 1. The van der Waals surface area contributed by atoms with Gasteiger partial charge in [0, 0.05) is 24.3 Å². The summed E-state index contributed by atoms with van der Waals surface area (Å²) in [5, 5.41) is 7.68. The minimum Gasteiger partial charge on any atom is -0.497 e. The second kappa shape index (κ2) is 12.4. The van der Waals surface area contributed by atoms with Gasteiger partial charge in [-0.25, -0.2) is 9.07 Å². The molecule has 3 heterocycles. The van der Waals surface area contributed by atoms with Gasteiger partial charge < -0.3 is 14.8 Å². The molecular weight excluding hydrogens is 555 g/mol. The number of aromatic nitrogens is 2. The van der Waals surface area contributed by atoms with Crippen LogP contribution in [0.1, 0.15) is 29.2 Å². The van der Waals surface area contributed by atoms with Crippen molar-refractivity contribution in [3.63, 3.8) is 0 Å². The summed E-state index contributed by atoms with van der Waals surface area (Å²) in [6.45, 7) is 0.916. The van der Waals surface area contributed by atoms with E-state index in [0.717, 1.165) is 29.5 Å². The Balaban J connectivity index is 1.51. The maximum Gasteiger partial charge on any atom is 0.240 e. The number of methoxy groups -OCH3 is 1. The number of ether oxygens (including phenoxy) is 2. The van der Waals surface area contributed by atoms with Crippen LogP contribution in [0.3, 0.4) is 0 Å². The lowest BCUT2D eigenvalue weighted by atomic mass is 9.99. The van der Waals surface area contributed by atoms with Crippen LogP contribution >= 0.6 is 11.8 Å². The number of thioether (sulfide) groups is 1. The van der Waals surface area contributed by atoms with Crippen molar-refractivity contribution >= 4 is 29.4 Å². The quantitative estimate of drug-likeness (QED) is 0.307. The first kappa shape index (κ1) is 28.0. The molecular formula is C32H31FN4O4S. The number of rotatable bonds is 8. The second-order valence-corrected chi connectivity index (χ2v) is 11.3. The molecule has 0 bridgehead atoms. The number of carbonyl (C=O) groups excluding carboxylic acids is 2. The molecule has 2 atom stereocenters. The molecule has 1 saturated heterocycles. The van der Waals surface area contributed by atoms with E-state index in [1.54, 1.807) is 23.9 Å². The van der Waals surface area contributed by atoms with Gasteiger partial charge in [0.1, 0.15) is 23.9 Å². The summed E-state index contributed by atoms with van der Waals surface area (Å²) >= 11 is 1.44. The first-order chi connectivity index (χ1) is 20.5. The Morgan fingerprint density at radius 2 is 1.86 bits per heavy atom. The topological polar surface area (TPSA) is 85.7 Å². The van der Waals surface area contributed by atoms with Crippen LogP contribution < -0.4 is 15.0 Å². The monoisotopic (exact) mass is 586 g/mol. The number of hydrogen-bond acceptors (Lipinski definition) is 6. The van der Waals surface area contributed by atoms with E-state index in [1.165, 1.54) is 28.8 Å². The van der Waals surface area contributed by atoms with Gasteiger partial charge in [-0.1, -0.05) is 42.5 Å². The van der Waals surface area contributed by atoms with E-state index in [2.05, 4.69) is 5.32 Å². The molecule has 10 heteroatoms. The molecule has 1 N–H and O–H groups in total. The average molecular weight is 587 g/mol. The molecule has 8 nitrogen and oxygen atoms in total. The van der Waals surface area contributed by atoms with E-state index in [9.17, 15) is 14.0 Å². The Morgan fingerprint density at radius 1 is 1.10 bits per heavy atom. The Hall–Kier alpha value is -4.15. The van der Waals surface area contributed by atoms with Crippen LogP contribution in [0.5, 0.6) is 5.75 Å². The summed E-state index contributed by atoms with van der Waals surface area (Å²) in [4.78, 5) is 28.6. The van der Waals surface area contributed by atoms with Gasteiger partial charge in [-0.15, -0.1) is 11.8 Å². The molecule has 1 fully saturated rings. The van der Waals surface area contributed by atoms with E-state index in [1.807, 2.05) is 54.6 Å². The highest BCUT2D eigenvalue weighted by Gasteiger charge is 2.37. The highest BCUT2D eigenvalue weighted by molar-refractivity contribution is 8.00. The molecule has 3 aromatic carbocycles. The fraction of sp³-hybridized carbons (Fsp3) is 0.281. The molecule has 42 heavy (non-hydrogen) atoms. The maximum absolute atomic E-state index is 14.0. The summed E-state index contributed by atoms with van der Waals surface area (Å²) < 4.78 is 26.7. The van der Waals surface area contributed by atoms with Gasteiger partial charge in [-0.05, 0) is 54.8 Å². The summed E-state index contributed by atoms with van der Waals surface area (Å²) in [5.74, 6) is 0.491. The van der Waals surface area contributed by atoms with Crippen molar-refractivity contribution in [2.24, 2.45) is 0 Å². The molecule has 4 aromatic rings. The number of amides is 2. The molecule has 2 aliphatic heterocycles. The van der Waals surface area contributed by atoms with Gasteiger partial charge in [-0.2, -0.15) is 5.10 Å². The maximum atomic E-state index is 14.0. The number of halogens is 1. The molecule has 0 spiro atoms. The third-order valence-corrected chi connectivity index (χ3v) is 8.73. The molecule has 6 rings (SSSR count). The zero-order valence-corrected chi connectivity index (χ0v) is 24.0. The van der Waals surface area contributed by atoms with Crippen LogP contribution in [0, 0.1) is 5.82 Å². The highest BCUT2D eigenvalue weighted by atomic mass is 32.2. The number of carbonyl (C=O) groups is 2. The van der Waals surface area contributed by atoms with Crippen molar-refractivity contribution in [2.75, 3.05) is 37.5 Å². The van der Waals surface area contributed by atoms with E-state index in [-0.39, 0.29) is 41.3 Å². The van der Waals surface area contributed by atoms with Crippen LogP contribution in [0.15, 0.2) is 78.9 Å². The van der Waals surface area contributed by atoms with Crippen LogP contribution in [0.4, 0.5) is 10.2 Å². The van der Waals surface area contributed by atoms with Gasteiger partial charge in [-0.3, -0.25) is 14.5 Å². The van der Waals surface area contributed by atoms with Gasteiger partial charge in [0.25, 0.3) is 0 Å². The first-order valence-electron chi connectivity index (χ1n) is 13.9. The summed E-state index contributed by atoms with van der Waals surface area (Å²) in [6, 6.07) is 23.5. The zero-order valence-electron chi connectivity index (χ0n) is 23.2. The van der Waals surface area contributed by atoms with Gasteiger partial charge in [0.05, 0.1) is 35.6 Å². The van der Waals surface area contributed by atoms with Crippen molar-refractivity contribution in [1.82, 2.24) is 15.1 Å². The number of benzene rings is 3. The Kier molecular flexibility index (Phi) is 8.25. The molecule has 216 valence electrons. The molecule has 0 unspecified atom stereocenters. The molecule has 0 radical (unpaired) electrons. The Bertz CT molecular complexity index is 1550. The van der Waals surface area contributed by atoms with E-state index in [0.29, 0.717) is 36.1 Å². The van der Waals surface area contributed by atoms with Gasteiger partial charge in [0.2, 0.25) is 11.8 Å². The third-order valence-electron chi connectivity index (χ3n) is 7.48. The lowest BCUT2D eigenvalue weighted by Crippen LogP contribution is -2.44. The SMILES string of the molecule is COc1ccc(-n2nc(-c3ccccc3)c3c2N(CC(=O)NC[C@H]2CCCO2)C(=O)CS[C@H]3c2ccc(F)cc2)cc1. The molecule has 2 aliphatic rings. The van der Waals surface area contributed by atoms with Crippen LogP contribution in [0.2, 0.25) is 0 Å². The van der Waals surface area contributed by atoms with Crippen LogP contribution in [-0.2, 0) is 14.3 Å². The number of hydrogen-bond donors (Lipinski definition) is 1. The fourth-order valence-electron chi connectivity index (χ4n) is 5.37. The van der Waals surface area contributed by atoms with Crippen molar-refractivity contribution in [2.45, 2.75) is 24.2 Å². The van der Waals surface area contributed by atoms with Crippen LogP contribution in [0.25, 0.3) is 16.9 Å². The van der Waals surface area contributed by atoms with E-state index in [4.69, 9.17) is 14.6 Å². The van der Waals surface area contributed by atoms with Gasteiger partial charge >= 0.3 is 0 Å². The lowest BCUT2D eigenvalue weighted by molar-refractivity contribution is -0.123. The predicted molar refractivity (Wildman–Crippen MR) is 161 cm³/mol. The van der Waals surface area contributed by atoms with E-state index < -0.39 is 0 Å². The Morgan fingerprint density at radius 3 is 2.55 bits per heavy atom. The Labute approximate surface area is 247 Å². The first-order valence-corrected chi connectivity index (χ1v) is 14.9. The predicted octanol–water partition coefficient (Wildman–Crippen LogP) is 5.15. The molecule has 1 aromatic heterocycles. The third kappa shape index (κ3) is 5.77. The number of fused-ring (bicyclic) bond motifs is 1. The second-order valence-electron chi connectivity index (χ2n) is 10.2. The molecule has 0 saturated carbocycles. The largest absolute Gasteiger partial charge is 0.497 e. The summed E-state index contributed by atoms with van der Waals surface area (Å²) in [6.07, 6.45) is 1.85. The summed E-state index contributed by atoms with van der Waals surface area (Å²) in [7, 11) is 1.60. The highest BCUT2D eigenvalue weighted by Crippen LogP contribution is 2.48. The van der Waals surface area contributed by atoms with Gasteiger partial charge in [0.15, 0.2) is 0 Å². The standard InChI is InChI=1S/C32H31FN4O4S/c1-40-25-15-13-24(14-16-25)37-32-29(30(35-37)21-6-3-2-4-7-21)31(22-9-11-23(33)12-10-22)42-20-28(39)36(32)19-27(38)34-18-26-8-5-17-41-26/h2-4,6-7,9-16,26,31H,5,8,17-20H2,1H3,(H,34,38)/t26-,31+/m1/s1.